The fraction of sp³-hybridized carbons (Fsp3) is 0.385. The van der Waals surface area contributed by atoms with Crippen LogP contribution in [0.1, 0.15) is 18.4 Å². The number of hydrogen-bond donors (Lipinski definition) is 2. The molecule has 0 fully saturated rings. The molecule has 1 atom stereocenters. The molecular weight excluding hydrogens is 202 g/mol. The summed E-state index contributed by atoms with van der Waals surface area (Å²) < 4.78 is 5.47. The minimum Gasteiger partial charge on any atom is -0.508 e. The largest absolute Gasteiger partial charge is 0.508 e. The van der Waals surface area contributed by atoms with E-state index in [4.69, 9.17) is 4.74 Å². The number of benzene rings is 1. The number of anilines is 1. The predicted octanol–water partition coefficient (Wildman–Crippen LogP) is 2.81. The van der Waals surface area contributed by atoms with Crippen molar-refractivity contribution in [2.75, 3.05) is 11.9 Å². The van der Waals surface area contributed by atoms with Crippen molar-refractivity contribution >= 4 is 5.69 Å². The second-order valence-electron chi connectivity index (χ2n) is 4.09. The third-order valence-corrected chi connectivity index (χ3v) is 2.75. The maximum atomic E-state index is 9.29. The van der Waals surface area contributed by atoms with Gasteiger partial charge < -0.3 is 15.2 Å². The summed E-state index contributed by atoms with van der Waals surface area (Å²) >= 11 is 0. The lowest BCUT2D eigenvalue weighted by atomic mass is 10.1. The van der Waals surface area contributed by atoms with E-state index in [2.05, 4.69) is 5.32 Å². The molecule has 2 rings (SSSR count). The van der Waals surface area contributed by atoms with Crippen LogP contribution in [-0.2, 0) is 4.74 Å². The summed E-state index contributed by atoms with van der Waals surface area (Å²) in [5.41, 5.74) is 2.10. The van der Waals surface area contributed by atoms with Crippen molar-refractivity contribution in [1.82, 2.24) is 0 Å². The van der Waals surface area contributed by atoms with Crippen LogP contribution in [0.4, 0.5) is 5.69 Å². The third-order valence-electron chi connectivity index (χ3n) is 2.75. The molecule has 1 unspecified atom stereocenters. The highest BCUT2D eigenvalue weighted by molar-refractivity contribution is 5.53. The monoisotopic (exact) mass is 219 g/mol. The van der Waals surface area contributed by atoms with Crippen LogP contribution in [-0.4, -0.2) is 17.8 Å². The number of ether oxygens (including phenoxy) is 1. The molecular formula is C13H17NO2. The zero-order chi connectivity index (χ0) is 11.4. The Labute approximate surface area is 95.7 Å². The van der Waals surface area contributed by atoms with Gasteiger partial charge in [0.05, 0.1) is 12.8 Å². The van der Waals surface area contributed by atoms with Crippen LogP contribution >= 0.6 is 0 Å². The molecule has 1 aromatic carbocycles. The summed E-state index contributed by atoms with van der Waals surface area (Å²) in [4.78, 5) is 0. The molecule has 3 nitrogen and oxygen atoms in total. The van der Waals surface area contributed by atoms with Gasteiger partial charge in [0.2, 0.25) is 0 Å². The Kier molecular flexibility index (Phi) is 3.34. The highest BCUT2D eigenvalue weighted by atomic mass is 16.5. The van der Waals surface area contributed by atoms with E-state index in [-0.39, 0.29) is 6.10 Å². The molecule has 16 heavy (non-hydrogen) atoms. The van der Waals surface area contributed by atoms with E-state index in [0.717, 1.165) is 30.6 Å². The number of phenols is 1. The number of aromatic hydroxyl groups is 1. The van der Waals surface area contributed by atoms with Gasteiger partial charge in [-0.2, -0.15) is 0 Å². The second-order valence-corrected chi connectivity index (χ2v) is 4.09. The summed E-state index contributed by atoms with van der Waals surface area (Å²) in [7, 11) is 0. The van der Waals surface area contributed by atoms with Crippen molar-refractivity contribution < 1.29 is 9.84 Å². The molecule has 1 aromatic rings. The molecule has 0 saturated carbocycles. The molecule has 2 N–H and O–H groups in total. The molecule has 0 aliphatic carbocycles. The van der Waals surface area contributed by atoms with Crippen molar-refractivity contribution in [1.29, 1.82) is 0 Å². The molecule has 1 heterocycles. The van der Waals surface area contributed by atoms with Gasteiger partial charge in [0.1, 0.15) is 11.9 Å². The van der Waals surface area contributed by atoms with Gasteiger partial charge in [-0.05, 0) is 49.6 Å². The maximum absolute atomic E-state index is 9.29. The lowest BCUT2D eigenvalue weighted by molar-refractivity contribution is 0.135. The SMILES string of the molecule is Cc1cc(O)ccc1NCC1CCC=CO1. The van der Waals surface area contributed by atoms with Crippen LogP contribution in [0.2, 0.25) is 0 Å². The zero-order valence-electron chi connectivity index (χ0n) is 9.44. The Hall–Kier alpha value is -1.64. The van der Waals surface area contributed by atoms with Gasteiger partial charge in [-0.15, -0.1) is 0 Å². The number of allylic oxidation sites excluding steroid dienone is 1. The topological polar surface area (TPSA) is 41.5 Å². The lowest BCUT2D eigenvalue weighted by Gasteiger charge is -2.20. The highest BCUT2D eigenvalue weighted by Crippen LogP contribution is 2.20. The summed E-state index contributed by atoms with van der Waals surface area (Å²) in [6.07, 6.45) is 6.21. The van der Waals surface area contributed by atoms with Gasteiger partial charge in [-0.1, -0.05) is 0 Å². The van der Waals surface area contributed by atoms with E-state index in [9.17, 15) is 5.11 Å². The lowest BCUT2D eigenvalue weighted by Crippen LogP contribution is -2.23. The van der Waals surface area contributed by atoms with Crippen LogP contribution in [0.3, 0.4) is 0 Å². The number of phenolic OH excluding ortho intramolecular Hbond substituents is 1. The molecule has 0 spiro atoms. The van der Waals surface area contributed by atoms with E-state index < -0.39 is 0 Å². The molecule has 3 heteroatoms. The van der Waals surface area contributed by atoms with Crippen LogP contribution in [0.15, 0.2) is 30.5 Å². The van der Waals surface area contributed by atoms with Crippen molar-refractivity contribution in [2.24, 2.45) is 0 Å². The predicted molar refractivity (Wildman–Crippen MR) is 64.6 cm³/mol. The van der Waals surface area contributed by atoms with E-state index in [0.29, 0.717) is 5.75 Å². The van der Waals surface area contributed by atoms with Crippen molar-refractivity contribution in [3.8, 4) is 5.75 Å². The Morgan fingerprint density at radius 1 is 1.50 bits per heavy atom. The quantitative estimate of drug-likeness (QED) is 0.768. The zero-order valence-corrected chi connectivity index (χ0v) is 9.44. The minimum absolute atomic E-state index is 0.248. The number of nitrogens with one attached hydrogen (secondary N) is 1. The van der Waals surface area contributed by atoms with Gasteiger partial charge >= 0.3 is 0 Å². The van der Waals surface area contributed by atoms with Crippen molar-refractivity contribution in [3.63, 3.8) is 0 Å². The molecule has 1 aliphatic rings. The number of rotatable bonds is 3. The molecule has 1 aliphatic heterocycles. The van der Waals surface area contributed by atoms with Crippen molar-refractivity contribution in [3.05, 3.63) is 36.1 Å². The fourth-order valence-corrected chi connectivity index (χ4v) is 1.81. The fourth-order valence-electron chi connectivity index (χ4n) is 1.81. The third kappa shape index (κ3) is 2.69. The molecule has 86 valence electrons. The molecule has 0 bridgehead atoms. The first kappa shape index (κ1) is 10.9. The second kappa shape index (κ2) is 4.92. The Morgan fingerprint density at radius 3 is 3.06 bits per heavy atom. The summed E-state index contributed by atoms with van der Waals surface area (Å²) in [5, 5.41) is 12.6. The Bertz CT molecular complexity index is 388. The van der Waals surface area contributed by atoms with Gasteiger partial charge in [-0.25, -0.2) is 0 Å². The first-order chi connectivity index (χ1) is 7.75. The van der Waals surface area contributed by atoms with E-state index in [1.165, 1.54) is 0 Å². The first-order valence-corrected chi connectivity index (χ1v) is 5.59. The van der Waals surface area contributed by atoms with Gasteiger partial charge in [0.25, 0.3) is 0 Å². The number of aryl methyl sites for hydroxylation is 1. The first-order valence-electron chi connectivity index (χ1n) is 5.59. The standard InChI is InChI=1S/C13H17NO2/c1-10-8-11(15)5-6-13(10)14-9-12-4-2-3-7-16-12/h3,5-8,12,14-15H,2,4,9H2,1H3. The van der Waals surface area contributed by atoms with Gasteiger partial charge in [-0.3, -0.25) is 0 Å². The molecule has 0 amide bonds. The van der Waals surface area contributed by atoms with Crippen molar-refractivity contribution in [2.45, 2.75) is 25.9 Å². The summed E-state index contributed by atoms with van der Waals surface area (Å²) in [6.45, 7) is 2.78. The van der Waals surface area contributed by atoms with Crippen LogP contribution in [0.5, 0.6) is 5.75 Å². The molecule has 0 saturated heterocycles. The van der Waals surface area contributed by atoms with Gasteiger partial charge in [0, 0.05) is 5.69 Å². The molecule has 0 radical (unpaired) electrons. The van der Waals surface area contributed by atoms with Gasteiger partial charge in [0.15, 0.2) is 0 Å². The van der Waals surface area contributed by atoms with Crippen LogP contribution in [0, 0.1) is 6.92 Å². The van der Waals surface area contributed by atoms with E-state index in [1.807, 2.05) is 19.1 Å². The normalized spacial score (nSPS) is 19.2. The summed E-state index contributed by atoms with van der Waals surface area (Å²) in [5.74, 6) is 0.305. The highest BCUT2D eigenvalue weighted by Gasteiger charge is 2.10. The van der Waals surface area contributed by atoms with Crippen LogP contribution in [0.25, 0.3) is 0 Å². The Morgan fingerprint density at radius 2 is 2.38 bits per heavy atom. The maximum Gasteiger partial charge on any atom is 0.115 e. The smallest absolute Gasteiger partial charge is 0.115 e. The number of hydrogen-bond acceptors (Lipinski definition) is 3. The summed E-state index contributed by atoms with van der Waals surface area (Å²) in [6, 6.07) is 5.34. The Balaban J connectivity index is 1.91. The average Bonchev–Trinajstić information content (AvgIpc) is 2.29. The van der Waals surface area contributed by atoms with Crippen LogP contribution < -0.4 is 5.32 Å². The van der Waals surface area contributed by atoms with E-state index in [1.54, 1.807) is 18.4 Å². The minimum atomic E-state index is 0.248. The van der Waals surface area contributed by atoms with E-state index >= 15 is 0 Å². The average molecular weight is 219 g/mol. The molecule has 0 aromatic heterocycles.